The Morgan fingerprint density at radius 3 is 2.21 bits per heavy atom. The number of aliphatic carboxylic acids is 1. The summed E-state index contributed by atoms with van der Waals surface area (Å²) in [5, 5.41) is 12.6. The summed E-state index contributed by atoms with van der Waals surface area (Å²) in [5.74, 6) is -0.420. The third-order valence-corrected chi connectivity index (χ3v) is 5.47. The van der Waals surface area contributed by atoms with Crippen LogP contribution in [0.1, 0.15) is 48.6 Å². The standard InChI is InChI=1S/C22H27NO4S/c1-14-12-16(13-15(2)20(14)27-22(3,4)21(24)25)6-11-19(23-26)17-7-9-18(28-5)10-8-17/h7-10,12-13,19H,6,11H2,1-5H3,(H,24,25). The molecule has 1 atom stereocenters. The Hall–Kier alpha value is -2.34. The van der Waals surface area contributed by atoms with Crippen molar-refractivity contribution in [3.8, 4) is 5.75 Å². The van der Waals surface area contributed by atoms with E-state index >= 15 is 0 Å². The van der Waals surface area contributed by atoms with Crippen molar-refractivity contribution in [3.05, 3.63) is 63.6 Å². The maximum Gasteiger partial charge on any atom is 0.347 e. The van der Waals surface area contributed by atoms with E-state index < -0.39 is 17.6 Å². The molecule has 2 aromatic rings. The summed E-state index contributed by atoms with van der Waals surface area (Å²) in [5.41, 5.74) is 2.45. The van der Waals surface area contributed by atoms with Gasteiger partial charge in [0, 0.05) is 4.90 Å². The van der Waals surface area contributed by atoms with Gasteiger partial charge in [0.15, 0.2) is 5.60 Å². The molecule has 0 aliphatic heterocycles. The first-order chi connectivity index (χ1) is 13.2. The molecular weight excluding hydrogens is 374 g/mol. The average molecular weight is 402 g/mol. The fourth-order valence-electron chi connectivity index (χ4n) is 3.05. The highest BCUT2D eigenvalue weighted by Crippen LogP contribution is 2.31. The number of ether oxygens (including phenoxy) is 1. The van der Waals surface area contributed by atoms with Crippen LogP contribution in [0.3, 0.4) is 0 Å². The van der Waals surface area contributed by atoms with Crippen LogP contribution in [-0.2, 0) is 11.2 Å². The molecule has 28 heavy (non-hydrogen) atoms. The number of rotatable bonds is 9. The van der Waals surface area contributed by atoms with E-state index in [4.69, 9.17) is 4.74 Å². The maximum atomic E-state index is 11.4. The van der Waals surface area contributed by atoms with Gasteiger partial charge in [0.05, 0.1) is 0 Å². The minimum Gasteiger partial charge on any atom is -0.478 e. The van der Waals surface area contributed by atoms with Gasteiger partial charge < -0.3 is 9.84 Å². The van der Waals surface area contributed by atoms with Crippen molar-refractivity contribution in [1.82, 2.24) is 0 Å². The molecule has 5 nitrogen and oxygen atoms in total. The number of carbonyl (C=O) groups is 1. The van der Waals surface area contributed by atoms with E-state index in [0.717, 1.165) is 27.1 Å². The number of hydrogen-bond acceptors (Lipinski definition) is 5. The summed E-state index contributed by atoms with van der Waals surface area (Å²) in [6, 6.07) is 11.5. The largest absolute Gasteiger partial charge is 0.478 e. The lowest BCUT2D eigenvalue weighted by Crippen LogP contribution is -2.38. The molecule has 0 heterocycles. The molecular formula is C22H27NO4S. The predicted molar refractivity (Wildman–Crippen MR) is 113 cm³/mol. The highest BCUT2D eigenvalue weighted by atomic mass is 32.2. The van der Waals surface area contributed by atoms with Crippen molar-refractivity contribution < 1.29 is 14.6 Å². The van der Waals surface area contributed by atoms with Gasteiger partial charge in [0.2, 0.25) is 0 Å². The number of hydrogen-bond donors (Lipinski definition) is 1. The molecule has 0 aliphatic carbocycles. The van der Waals surface area contributed by atoms with Crippen molar-refractivity contribution in [2.75, 3.05) is 6.26 Å². The van der Waals surface area contributed by atoms with Crippen molar-refractivity contribution in [3.63, 3.8) is 0 Å². The van der Waals surface area contributed by atoms with Crippen LogP contribution < -0.4 is 4.74 Å². The second kappa shape index (κ2) is 9.24. The minimum absolute atomic E-state index is 0.390. The number of thioether (sulfide) groups is 1. The smallest absolute Gasteiger partial charge is 0.347 e. The van der Waals surface area contributed by atoms with E-state index in [-0.39, 0.29) is 0 Å². The predicted octanol–water partition coefficient (Wildman–Crippen LogP) is 5.71. The van der Waals surface area contributed by atoms with Gasteiger partial charge in [-0.1, -0.05) is 29.4 Å². The molecule has 0 spiro atoms. The van der Waals surface area contributed by atoms with Crippen molar-refractivity contribution in [2.45, 2.75) is 57.1 Å². The van der Waals surface area contributed by atoms with Gasteiger partial charge in [0.25, 0.3) is 0 Å². The summed E-state index contributed by atoms with van der Waals surface area (Å²) >= 11 is 1.66. The third-order valence-electron chi connectivity index (χ3n) is 4.73. The van der Waals surface area contributed by atoms with Crippen LogP contribution in [0.2, 0.25) is 0 Å². The number of nitroso groups, excluding NO2 is 1. The van der Waals surface area contributed by atoms with Crippen LogP contribution >= 0.6 is 11.8 Å². The lowest BCUT2D eigenvalue weighted by molar-refractivity contribution is -0.152. The summed E-state index contributed by atoms with van der Waals surface area (Å²) < 4.78 is 5.75. The van der Waals surface area contributed by atoms with Gasteiger partial charge in [0.1, 0.15) is 11.8 Å². The van der Waals surface area contributed by atoms with Crippen LogP contribution in [0.15, 0.2) is 46.5 Å². The molecule has 0 aromatic heterocycles. The van der Waals surface area contributed by atoms with E-state index in [1.807, 2.05) is 56.5 Å². The molecule has 0 amide bonds. The van der Waals surface area contributed by atoms with Gasteiger partial charge in [-0.25, -0.2) is 4.79 Å². The molecule has 6 heteroatoms. The normalized spacial score (nSPS) is 12.5. The second-order valence-corrected chi connectivity index (χ2v) is 8.29. The van der Waals surface area contributed by atoms with Gasteiger partial charge in [-0.05, 0) is 81.2 Å². The summed E-state index contributed by atoms with van der Waals surface area (Å²) in [7, 11) is 0. The molecule has 150 valence electrons. The molecule has 0 radical (unpaired) electrons. The van der Waals surface area contributed by atoms with Crippen LogP contribution in [0.25, 0.3) is 0 Å². The highest BCUT2D eigenvalue weighted by Gasteiger charge is 2.30. The molecule has 2 aromatic carbocycles. The fraction of sp³-hybridized carbons (Fsp3) is 0.409. The zero-order valence-electron chi connectivity index (χ0n) is 17.0. The monoisotopic (exact) mass is 401 g/mol. The third kappa shape index (κ3) is 5.35. The van der Waals surface area contributed by atoms with E-state index in [2.05, 4.69) is 5.18 Å². The Balaban J connectivity index is 2.13. The van der Waals surface area contributed by atoms with Crippen LogP contribution in [0.5, 0.6) is 5.75 Å². The number of benzene rings is 2. The Morgan fingerprint density at radius 2 is 1.75 bits per heavy atom. The van der Waals surface area contributed by atoms with Gasteiger partial charge in [-0.2, -0.15) is 4.91 Å². The summed E-state index contributed by atoms with van der Waals surface area (Å²) in [4.78, 5) is 23.8. The maximum absolute atomic E-state index is 11.4. The van der Waals surface area contributed by atoms with Crippen molar-refractivity contribution in [2.24, 2.45) is 5.18 Å². The van der Waals surface area contributed by atoms with E-state index in [1.165, 1.54) is 13.8 Å². The molecule has 1 unspecified atom stereocenters. The molecule has 2 rings (SSSR count). The molecule has 0 saturated heterocycles. The van der Waals surface area contributed by atoms with Crippen molar-refractivity contribution >= 4 is 17.7 Å². The minimum atomic E-state index is -1.30. The molecule has 0 aliphatic rings. The SMILES string of the molecule is CSc1ccc(C(CCc2cc(C)c(OC(C)(C)C(=O)O)c(C)c2)N=O)cc1. The number of nitrogens with zero attached hydrogens (tertiary/aromatic N) is 1. The number of aryl methyl sites for hydroxylation is 3. The molecule has 0 fully saturated rings. The Bertz CT molecular complexity index is 823. The van der Waals surface area contributed by atoms with Crippen LogP contribution in [0, 0.1) is 18.8 Å². The van der Waals surface area contributed by atoms with E-state index in [0.29, 0.717) is 18.6 Å². The lowest BCUT2D eigenvalue weighted by Gasteiger charge is -2.24. The lowest BCUT2D eigenvalue weighted by atomic mass is 9.97. The van der Waals surface area contributed by atoms with Gasteiger partial charge >= 0.3 is 5.97 Å². The van der Waals surface area contributed by atoms with Gasteiger partial charge in [-0.15, -0.1) is 11.8 Å². The summed E-state index contributed by atoms with van der Waals surface area (Å²) in [6.07, 6.45) is 3.33. The Labute approximate surface area is 170 Å². The average Bonchev–Trinajstić information content (AvgIpc) is 2.65. The topological polar surface area (TPSA) is 76.0 Å². The number of carboxylic acids is 1. The molecule has 1 N–H and O–H groups in total. The first kappa shape index (κ1) is 22.0. The molecule has 0 saturated carbocycles. The van der Waals surface area contributed by atoms with Crippen LogP contribution in [-0.4, -0.2) is 22.9 Å². The highest BCUT2D eigenvalue weighted by molar-refractivity contribution is 7.98. The Morgan fingerprint density at radius 1 is 1.18 bits per heavy atom. The molecule has 0 bridgehead atoms. The summed E-state index contributed by atoms with van der Waals surface area (Å²) in [6.45, 7) is 6.87. The first-order valence-corrected chi connectivity index (χ1v) is 10.4. The quantitative estimate of drug-likeness (QED) is 0.430. The number of carboxylic acid groups (broad SMARTS) is 1. The van der Waals surface area contributed by atoms with Gasteiger partial charge in [-0.3, -0.25) is 0 Å². The van der Waals surface area contributed by atoms with Crippen LogP contribution in [0.4, 0.5) is 0 Å². The second-order valence-electron chi connectivity index (χ2n) is 7.41. The Kier molecular flexibility index (Phi) is 7.24. The zero-order chi connectivity index (χ0) is 20.9. The zero-order valence-corrected chi connectivity index (χ0v) is 17.8. The van der Waals surface area contributed by atoms with E-state index in [1.54, 1.807) is 11.8 Å². The fourth-order valence-corrected chi connectivity index (χ4v) is 3.46. The van der Waals surface area contributed by atoms with Crippen molar-refractivity contribution in [1.29, 1.82) is 0 Å². The first-order valence-electron chi connectivity index (χ1n) is 9.17. The van der Waals surface area contributed by atoms with E-state index in [9.17, 15) is 14.8 Å².